The summed E-state index contributed by atoms with van der Waals surface area (Å²) in [4.78, 5) is 3.86. The van der Waals surface area contributed by atoms with E-state index < -0.39 is 12.6 Å². The van der Waals surface area contributed by atoms with Gasteiger partial charge in [0.1, 0.15) is 0 Å². The number of hydrogen-bond acceptors (Lipinski definition) is 1. The van der Waals surface area contributed by atoms with Crippen LogP contribution in [0.3, 0.4) is 0 Å². The lowest BCUT2D eigenvalue weighted by Crippen LogP contribution is -2.42. The summed E-state index contributed by atoms with van der Waals surface area (Å²) in [5, 5.41) is 5.93. The number of guanidine groups is 1. The minimum Gasteiger partial charge on any atom is -0.357 e. The average molecular weight is 239 g/mol. The molecule has 0 aliphatic carbocycles. The smallest absolute Gasteiger partial charge is 0.357 e. The van der Waals surface area contributed by atoms with Crippen LogP contribution >= 0.6 is 0 Å². The van der Waals surface area contributed by atoms with E-state index in [-0.39, 0.29) is 12.6 Å². The predicted molar refractivity (Wildman–Crippen MR) is 59.5 cm³/mol. The summed E-state index contributed by atoms with van der Waals surface area (Å²) in [5.41, 5.74) is 0. The molecule has 0 saturated heterocycles. The van der Waals surface area contributed by atoms with Crippen molar-refractivity contribution in [1.82, 2.24) is 10.6 Å². The fourth-order valence-electron chi connectivity index (χ4n) is 0.950. The maximum Gasteiger partial charge on any atom is 0.390 e. The van der Waals surface area contributed by atoms with E-state index in [4.69, 9.17) is 0 Å². The minimum absolute atomic E-state index is 0.198. The zero-order valence-electron chi connectivity index (χ0n) is 9.99. The minimum atomic E-state index is -4.14. The summed E-state index contributed by atoms with van der Waals surface area (Å²) in [6.45, 7) is 6.22. The van der Waals surface area contributed by atoms with Crippen LogP contribution in [0.15, 0.2) is 4.99 Å². The highest BCUT2D eigenvalue weighted by Gasteiger charge is 2.26. The van der Waals surface area contributed by atoms with Gasteiger partial charge in [-0.15, -0.1) is 0 Å². The summed E-state index contributed by atoms with van der Waals surface area (Å²) < 4.78 is 35.7. The Kier molecular flexibility index (Phi) is 6.92. The zero-order chi connectivity index (χ0) is 12.6. The highest BCUT2D eigenvalue weighted by Crippen LogP contribution is 2.18. The summed E-state index contributed by atoms with van der Waals surface area (Å²) in [5.74, 6) is 0.445. The quantitative estimate of drug-likeness (QED) is 0.570. The molecular weight excluding hydrogens is 219 g/mol. The first kappa shape index (κ1) is 15.1. The van der Waals surface area contributed by atoms with Gasteiger partial charge in [-0.2, -0.15) is 13.2 Å². The van der Waals surface area contributed by atoms with Gasteiger partial charge in [0, 0.05) is 12.6 Å². The molecule has 2 N–H and O–H groups in total. The Morgan fingerprint density at radius 3 is 2.38 bits per heavy atom. The predicted octanol–water partition coefficient (Wildman–Crippen LogP) is 2.29. The second-order valence-corrected chi connectivity index (χ2v) is 3.58. The lowest BCUT2D eigenvalue weighted by molar-refractivity contribution is -0.132. The molecule has 0 aliphatic heterocycles. The fourth-order valence-corrected chi connectivity index (χ4v) is 0.950. The van der Waals surface area contributed by atoms with Crippen LogP contribution in [0.4, 0.5) is 13.2 Å². The topological polar surface area (TPSA) is 36.4 Å². The highest BCUT2D eigenvalue weighted by atomic mass is 19.4. The first-order chi connectivity index (χ1) is 7.39. The van der Waals surface area contributed by atoms with E-state index in [9.17, 15) is 13.2 Å². The molecule has 0 aromatic heterocycles. The molecule has 0 radical (unpaired) electrons. The third kappa shape index (κ3) is 8.38. The molecule has 0 aromatic rings. The second-order valence-electron chi connectivity index (χ2n) is 3.58. The van der Waals surface area contributed by atoms with Crippen LogP contribution in [0, 0.1) is 0 Å². The maximum atomic E-state index is 11.9. The van der Waals surface area contributed by atoms with Gasteiger partial charge in [0.05, 0.1) is 13.0 Å². The lowest BCUT2D eigenvalue weighted by atomic mass is 10.3. The Bertz CT molecular complexity index is 214. The molecule has 96 valence electrons. The second kappa shape index (κ2) is 7.35. The van der Waals surface area contributed by atoms with E-state index in [1.165, 1.54) is 0 Å². The van der Waals surface area contributed by atoms with Gasteiger partial charge in [-0.25, -0.2) is 0 Å². The van der Waals surface area contributed by atoms with Gasteiger partial charge < -0.3 is 10.6 Å². The monoisotopic (exact) mass is 239 g/mol. The SMILES string of the molecule is CCNC(=NCCC(F)(F)F)NC(C)CC. The number of aliphatic imine (C=N–C) groups is 1. The Labute approximate surface area is 94.5 Å². The summed E-state index contributed by atoms with van der Waals surface area (Å²) in [6.07, 6.45) is -4.13. The Morgan fingerprint density at radius 1 is 1.31 bits per heavy atom. The van der Waals surface area contributed by atoms with Crippen LogP contribution in [0.5, 0.6) is 0 Å². The van der Waals surface area contributed by atoms with Gasteiger partial charge in [-0.3, -0.25) is 4.99 Å². The zero-order valence-corrected chi connectivity index (χ0v) is 9.99. The van der Waals surface area contributed by atoms with Crippen LogP contribution in [0.1, 0.15) is 33.6 Å². The molecule has 0 fully saturated rings. The molecule has 0 saturated carbocycles. The largest absolute Gasteiger partial charge is 0.390 e. The number of nitrogens with one attached hydrogen (secondary N) is 2. The molecule has 0 amide bonds. The number of halogens is 3. The van der Waals surface area contributed by atoms with E-state index >= 15 is 0 Å². The standard InChI is InChI=1S/C10H20F3N3/c1-4-8(3)16-9(14-5-2)15-7-6-10(11,12)13/h8H,4-7H2,1-3H3,(H2,14,15,16). The Balaban J connectivity index is 4.13. The molecule has 1 atom stereocenters. The first-order valence-corrected chi connectivity index (χ1v) is 5.50. The van der Waals surface area contributed by atoms with E-state index in [2.05, 4.69) is 15.6 Å². The number of alkyl halides is 3. The van der Waals surface area contributed by atoms with Gasteiger partial charge in [-0.05, 0) is 20.3 Å². The van der Waals surface area contributed by atoms with Crippen LogP contribution in [0.2, 0.25) is 0 Å². The van der Waals surface area contributed by atoms with Crippen molar-refractivity contribution in [2.45, 2.75) is 45.8 Å². The lowest BCUT2D eigenvalue weighted by Gasteiger charge is -2.16. The van der Waals surface area contributed by atoms with Crippen molar-refractivity contribution in [2.24, 2.45) is 4.99 Å². The summed E-state index contributed by atoms with van der Waals surface area (Å²) in [7, 11) is 0. The molecule has 0 bridgehead atoms. The van der Waals surface area contributed by atoms with E-state index in [0.717, 1.165) is 6.42 Å². The van der Waals surface area contributed by atoms with Crippen molar-refractivity contribution in [2.75, 3.05) is 13.1 Å². The molecule has 16 heavy (non-hydrogen) atoms. The maximum absolute atomic E-state index is 11.9. The third-order valence-corrected chi connectivity index (χ3v) is 2.00. The van der Waals surface area contributed by atoms with Gasteiger partial charge in [-0.1, -0.05) is 6.92 Å². The van der Waals surface area contributed by atoms with Crippen LogP contribution < -0.4 is 10.6 Å². The third-order valence-electron chi connectivity index (χ3n) is 2.00. The molecule has 6 heteroatoms. The molecule has 0 aliphatic rings. The first-order valence-electron chi connectivity index (χ1n) is 5.50. The van der Waals surface area contributed by atoms with Crippen LogP contribution in [-0.2, 0) is 0 Å². The molecule has 0 heterocycles. The van der Waals surface area contributed by atoms with Crippen molar-refractivity contribution in [3.8, 4) is 0 Å². The Morgan fingerprint density at radius 2 is 1.94 bits per heavy atom. The number of nitrogens with zero attached hydrogens (tertiary/aromatic N) is 1. The molecule has 1 unspecified atom stereocenters. The van der Waals surface area contributed by atoms with E-state index in [0.29, 0.717) is 12.5 Å². The van der Waals surface area contributed by atoms with Gasteiger partial charge in [0.25, 0.3) is 0 Å². The molecule has 0 spiro atoms. The normalized spacial score (nSPS) is 14.8. The van der Waals surface area contributed by atoms with E-state index in [1.807, 2.05) is 20.8 Å². The average Bonchev–Trinajstić information content (AvgIpc) is 2.15. The molecule has 0 rings (SSSR count). The van der Waals surface area contributed by atoms with E-state index in [1.54, 1.807) is 0 Å². The van der Waals surface area contributed by atoms with Crippen molar-refractivity contribution in [3.05, 3.63) is 0 Å². The van der Waals surface area contributed by atoms with Gasteiger partial charge in [0.2, 0.25) is 0 Å². The van der Waals surface area contributed by atoms with Crippen molar-refractivity contribution >= 4 is 5.96 Å². The highest BCUT2D eigenvalue weighted by molar-refractivity contribution is 5.79. The van der Waals surface area contributed by atoms with Crippen molar-refractivity contribution in [1.29, 1.82) is 0 Å². The fraction of sp³-hybridized carbons (Fsp3) is 0.900. The van der Waals surface area contributed by atoms with Crippen molar-refractivity contribution < 1.29 is 13.2 Å². The summed E-state index contributed by atoms with van der Waals surface area (Å²) in [6, 6.07) is 0.198. The molecule has 0 aromatic carbocycles. The number of rotatable bonds is 5. The van der Waals surface area contributed by atoms with Crippen LogP contribution in [0.25, 0.3) is 0 Å². The molecule has 3 nitrogen and oxygen atoms in total. The molecular formula is C10H20F3N3. The number of hydrogen-bond donors (Lipinski definition) is 2. The van der Waals surface area contributed by atoms with Crippen molar-refractivity contribution in [3.63, 3.8) is 0 Å². The van der Waals surface area contributed by atoms with Gasteiger partial charge in [0.15, 0.2) is 5.96 Å². The summed E-state index contributed by atoms with van der Waals surface area (Å²) >= 11 is 0. The van der Waals surface area contributed by atoms with Crippen LogP contribution in [-0.4, -0.2) is 31.3 Å². The Hall–Kier alpha value is -0.940. The van der Waals surface area contributed by atoms with Gasteiger partial charge >= 0.3 is 6.18 Å².